The molecular formula is C22H16N2O3. The predicted molar refractivity (Wildman–Crippen MR) is 102 cm³/mol. The Kier molecular flexibility index (Phi) is 4.93. The minimum Gasteiger partial charge on any atom is -0.457 e. The highest BCUT2D eigenvalue weighted by molar-refractivity contribution is 5.39. The normalized spacial score (nSPS) is 10.2. The molecule has 0 saturated carbocycles. The van der Waals surface area contributed by atoms with Crippen molar-refractivity contribution in [1.82, 2.24) is 9.97 Å². The van der Waals surface area contributed by atoms with Crippen LogP contribution in [0.15, 0.2) is 97.3 Å². The van der Waals surface area contributed by atoms with Crippen LogP contribution in [0.5, 0.6) is 34.8 Å². The van der Waals surface area contributed by atoms with Gasteiger partial charge < -0.3 is 14.2 Å². The van der Waals surface area contributed by atoms with Crippen molar-refractivity contribution in [3.05, 3.63) is 97.3 Å². The second kappa shape index (κ2) is 8.01. The van der Waals surface area contributed by atoms with Gasteiger partial charge in [0.25, 0.3) is 0 Å². The summed E-state index contributed by atoms with van der Waals surface area (Å²) < 4.78 is 17.2. The van der Waals surface area contributed by atoms with Gasteiger partial charge in [0, 0.05) is 24.5 Å². The molecule has 0 N–H and O–H groups in total. The second-order valence-corrected chi connectivity index (χ2v) is 5.58. The molecule has 4 rings (SSSR count). The van der Waals surface area contributed by atoms with E-state index in [1.807, 2.05) is 72.8 Å². The van der Waals surface area contributed by atoms with E-state index in [0.29, 0.717) is 34.8 Å². The molecule has 0 aliphatic carbocycles. The Morgan fingerprint density at radius 3 is 1.11 bits per heavy atom. The Hall–Kier alpha value is -3.86. The number of pyridine rings is 2. The summed E-state index contributed by atoms with van der Waals surface area (Å²) in [6.45, 7) is 0. The zero-order valence-electron chi connectivity index (χ0n) is 14.4. The predicted octanol–water partition coefficient (Wildman–Crippen LogP) is 5.85. The van der Waals surface area contributed by atoms with Gasteiger partial charge in [0.05, 0.1) is 0 Å². The standard InChI is InChI=1S/C22H16N2O3/c1-3-15-23-21(5-1)26-19-11-7-17(8-12-19)25-18-9-13-20(14-10-18)27-22-6-2-4-16-24-22/h1-16H. The van der Waals surface area contributed by atoms with Gasteiger partial charge >= 0.3 is 0 Å². The first-order chi connectivity index (χ1) is 13.3. The summed E-state index contributed by atoms with van der Waals surface area (Å²) in [4.78, 5) is 8.27. The summed E-state index contributed by atoms with van der Waals surface area (Å²) in [5.41, 5.74) is 0. The van der Waals surface area contributed by atoms with Crippen molar-refractivity contribution >= 4 is 0 Å². The van der Waals surface area contributed by atoms with Crippen molar-refractivity contribution in [1.29, 1.82) is 0 Å². The van der Waals surface area contributed by atoms with Crippen LogP contribution in [0.4, 0.5) is 0 Å². The molecule has 0 bridgehead atoms. The fourth-order valence-electron chi connectivity index (χ4n) is 2.34. The van der Waals surface area contributed by atoms with E-state index in [4.69, 9.17) is 14.2 Å². The van der Waals surface area contributed by atoms with Gasteiger partial charge in [-0.1, -0.05) is 12.1 Å². The van der Waals surface area contributed by atoms with Crippen LogP contribution in [0.3, 0.4) is 0 Å². The topological polar surface area (TPSA) is 53.5 Å². The smallest absolute Gasteiger partial charge is 0.219 e. The lowest BCUT2D eigenvalue weighted by Crippen LogP contribution is -1.89. The summed E-state index contributed by atoms with van der Waals surface area (Å²) in [7, 11) is 0. The Balaban J connectivity index is 1.37. The van der Waals surface area contributed by atoms with Crippen LogP contribution < -0.4 is 14.2 Å². The molecule has 2 aromatic carbocycles. The highest BCUT2D eigenvalue weighted by Gasteiger charge is 2.02. The molecule has 0 saturated heterocycles. The van der Waals surface area contributed by atoms with Gasteiger partial charge in [0.1, 0.15) is 23.0 Å². The number of aromatic nitrogens is 2. The molecule has 0 radical (unpaired) electrons. The van der Waals surface area contributed by atoms with Crippen molar-refractivity contribution in [2.24, 2.45) is 0 Å². The average Bonchev–Trinajstić information content (AvgIpc) is 2.73. The molecule has 0 unspecified atom stereocenters. The summed E-state index contributed by atoms with van der Waals surface area (Å²) >= 11 is 0. The minimum atomic E-state index is 0.551. The Bertz CT molecular complexity index is 890. The third-order valence-electron chi connectivity index (χ3n) is 3.60. The van der Waals surface area contributed by atoms with Gasteiger partial charge in [-0.3, -0.25) is 0 Å². The largest absolute Gasteiger partial charge is 0.457 e. The Morgan fingerprint density at radius 2 is 0.778 bits per heavy atom. The molecular weight excluding hydrogens is 340 g/mol. The summed E-state index contributed by atoms with van der Waals surface area (Å²) in [5, 5.41) is 0. The summed E-state index contributed by atoms with van der Waals surface area (Å²) in [5.74, 6) is 3.91. The molecule has 0 aliphatic rings. The fraction of sp³-hybridized carbons (Fsp3) is 0. The lowest BCUT2D eigenvalue weighted by molar-refractivity contribution is 0.452. The third-order valence-corrected chi connectivity index (χ3v) is 3.60. The molecule has 0 spiro atoms. The minimum absolute atomic E-state index is 0.551. The highest BCUT2D eigenvalue weighted by Crippen LogP contribution is 2.28. The molecule has 132 valence electrons. The third kappa shape index (κ3) is 4.61. The van der Waals surface area contributed by atoms with E-state index >= 15 is 0 Å². The number of ether oxygens (including phenoxy) is 3. The van der Waals surface area contributed by atoms with Gasteiger partial charge in [0.2, 0.25) is 11.8 Å². The van der Waals surface area contributed by atoms with Crippen LogP contribution in [0.25, 0.3) is 0 Å². The van der Waals surface area contributed by atoms with Crippen molar-refractivity contribution in [2.75, 3.05) is 0 Å². The van der Waals surface area contributed by atoms with Gasteiger partial charge in [-0.25, -0.2) is 9.97 Å². The van der Waals surface area contributed by atoms with Gasteiger partial charge in [-0.05, 0) is 60.7 Å². The van der Waals surface area contributed by atoms with Crippen LogP contribution in [0.2, 0.25) is 0 Å². The SMILES string of the molecule is c1ccc(Oc2ccc(Oc3ccc(Oc4ccccn4)cc3)cc2)nc1. The molecule has 4 aromatic rings. The number of hydrogen-bond donors (Lipinski definition) is 0. The van der Waals surface area contributed by atoms with E-state index in [0.717, 1.165) is 0 Å². The van der Waals surface area contributed by atoms with E-state index in [9.17, 15) is 0 Å². The molecule has 5 heteroatoms. The number of nitrogens with zero attached hydrogens (tertiary/aromatic N) is 2. The first-order valence-electron chi connectivity index (χ1n) is 8.41. The quantitative estimate of drug-likeness (QED) is 0.433. The molecule has 2 aromatic heterocycles. The highest BCUT2D eigenvalue weighted by atomic mass is 16.5. The van der Waals surface area contributed by atoms with Gasteiger partial charge in [0.15, 0.2) is 0 Å². The van der Waals surface area contributed by atoms with Crippen molar-refractivity contribution in [3.8, 4) is 34.8 Å². The molecule has 0 atom stereocenters. The lowest BCUT2D eigenvalue weighted by Gasteiger charge is -2.09. The molecule has 0 aliphatic heterocycles. The van der Waals surface area contributed by atoms with E-state index < -0.39 is 0 Å². The number of hydrogen-bond acceptors (Lipinski definition) is 5. The number of rotatable bonds is 6. The second-order valence-electron chi connectivity index (χ2n) is 5.58. The molecule has 0 amide bonds. The average molecular weight is 356 g/mol. The molecule has 0 fully saturated rings. The van der Waals surface area contributed by atoms with E-state index in [1.54, 1.807) is 24.5 Å². The maximum absolute atomic E-state index is 5.85. The van der Waals surface area contributed by atoms with Crippen LogP contribution in [0, 0.1) is 0 Å². The van der Waals surface area contributed by atoms with Gasteiger partial charge in [-0.2, -0.15) is 0 Å². The molecule has 2 heterocycles. The van der Waals surface area contributed by atoms with Crippen LogP contribution in [-0.2, 0) is 0 Å². The number of benzene rings is 2. The zero-order chi connectivity index (χ0) is 18.3. The van der Waals surface area contributed by atoms with Gasteiger partial charge in [-0.15, -0.1) is 0 Å². The monoisotopic (exact) mass is 356 g/mol. The Morgan fingerprint density at radius 1 is 0.407 bits per heavy atom. The van der Waals surface area contributed by atoms with Crippen LogP contribution in [0.1, 0.15) is 0 Å². The van der Waals surface area contributed by atoms with E-state index in [2.05, 4.69) is 9.97 Å². The fourth-order valence-corrected chi connectivity index (χ4v) is 2.34. The maximum atomic E-state index is 5.85. The van der Waals surface area contributed by atoms with E-state index in [1.165, 1.54) is 0 Å². The molecule has 5 nitrogen and oxygen atoms in total. The summed E-state index contributed by atoms with van der Waals surface area (Å²) in [6.07, 6.45) is 3.38. The van der Waals surface area contributed by atoms with Crippen LogP contribution in [-0.4, -0.2) is 9.97 Å². The Labute approximate surface area is 156 Å². The lowest BCUT2D eigenvalue weighted by atomic mass is 10.3. The first-order valence-corrected chi connectivity index (χ1v) is 8.41. The van der Waals surface area contributed by atoms with E-state index in [-0.39, 0.29) is 0 Å². The molecule has 27 heavy (non-hydrogen) atoms. The van der Waals surface area contributed by atoms with Crippen molar-refractivity contribution < 1.29 is 14.2 Å². The van der Waals surface area contributed by atoms with Crippen LogP contribution >= 0.6 is 0 Å². The maximum Gasteiger partial charge on any atom is 0.219 e. The first kappa shape index (κ1) is 16.6. The van der Waals surface area contributed by atoms with Crippen molar-refractivity contribution in [3.63, 3.8) is 0 Å². The van der Waals surface area contributed by atoms with Crippen molar-refractivity contribution in [2.45, 2.75) is 0 Å². The zero-order valence-corrected chi connectivity index (χ0v) is 14.4. The summed E-state index contributed by atoms with van der Waals surface area (Å²) in [6, 6.07) is 25.8.